The summed E-state index contributed by atoms with van der Waals surface area (Å²) in [6.45, 7) is 0.0622. The van der Waals surface area contributed by atoms with Crippen LogP contribution in [0.3, 0.4) is 0 Å². The summed E-state index contributed by atoms with van der Waals surface area (Å²) in [7, 11) is 1.71. The average Bonchev–Trinajstić information content (AvgIpc) is 1.66. The van der Waals surface area contributed by atoms with Gasteiger partial charge in [-0.25, -0.2) is 0 Å². The SMILES string of the molecule is B[C@H](O)C/C=C/CO. The second-order valence-corrected chi connectivity index (χ2v) is 1.74. The standard InChI is InChI=1S/C5H11BO2/c6-5(8)3-1-2-4-7/h1-2,5,7-8H,3-4,6H2/b2-1+/t5-/m1/s1. The van der Waals surface area contributed by atoms with Crippen molar-refractivity contribution in [1.82, 2.24) is 0 Å². The molecule has 0 aliphatic rings. The number of aliphatic hydroxyl groups is 2. The second kappa shape index (κ2) is 4.87. The molecule has 0 rings (SSSR count). The van der Waals surface area contributed by atoms with Gasteiger partial charge in [-0.1, -0.05) is 12.2 Å². The lowest BCUT2D eigenvalue weighted by atomic mass is 9.97. The predicted molar refractivity (Wildman–Crippen MR) is 35.4 cm³/mol. The van der Waals surface area contributed by atoms with Gasteiger partial charge in [-0.3, -0.25) is 0 Å². The minimum atomic E-state index is -0.294. The number of hydrogen-bond donors (Lipinski definition) is 2. The van der Waals surface area contributed by atoms with Crippen molar-refractivity contribution in [1.29, 1.82) is 0 Å². The maximum Gasteiger partial charge on any atom is 0.139 e. The van der Waals surface area contributed by atoms with E-state index in [2.05, 4.69) is 0 Å². The van der Waals surface area contributed by atoms with Crippen LogP contribution in [0, 0.1) is 0 Å². The summed E-state index contributed by atoms with van der Waals surface area (Å²) in [5, 5.41) is 16.9. The molecule has 0 radical (unpaired) electrons. The van der Waals surface area contributed by atoms with Gasteiger partial charge in [-0.2, -0.15) is 0 Å². The van der Waals surface area contributed by atoms with Crippen LogP contribution < -0.4 is 0 Å². The summed E-state index contributed by atoms with van der Waals surface area (Å²) in [4.78, 5) is 0. The lowest BCUT2D eigenvalue weighted by Crippen LogP contribution is -2.02. The Morgan fingerprint density at radius 2 is 2.12 bits per heavy atom. The first-order valence-corrected chi connectivity index (χ1v) is 2.71. The molecule has 0 bridgehead atoms. The molecule has 0 fully saturated rings. The van der Waals surface area contributed by atoms with Crippen LogP contribution >= 0.6 is 0 Å². The molecular formula is C5H11BO2. The van der Waals surface area contributed by atoms with Gasteiger partial charge in [0.1, 0.15) is 7.85 Å². The van der Waals surface area contributed by atoms with Crippen LogP contribution in [0.25, 0.3) is 0 Å². The highest BCUT2D eigenvalue weighted by Gasteiger charge is 1.87. The van der Waals surface area contributed by atoms with Crippen molar-refractivity contribution in [2.24, 2.45) is 0 Å². The first-order valence-electron chi connectivity index (χ1n) is 2.71. The van der Waals surface area contributed by atoms with Gasteiger partial charge in [-0.15, -0.1) is 0 Å². The van der Waals surface area contributed by atoms with Gasteiger partial charge in [0.2, 0.25) is 0 Å². The molecule has 0 saturated heterocycles. The normalized spacial score (nSPS) is 14.8. The van der Waals surface area contributed by atoms with Crippen LogP contribution in [-0.4, -0.2) is 30.7 Å². The van der Waals surface area contributed by atoms with E-state index in [1.807, 2.05) is 0 Å². The van der Waals surface area contributed by atoms with E-state index in [1.54, 1.807) is 20.0 Å². The van der Waals surface area contributed by atoms with Gasteiger partial charge in [0.25, 0.3) is 0 Å². The zero-order valence-corrected chi connectivity index (χ0v) is 5.04. The Bertz CT molecular complexity index is 70.8. The fourth-order valence-corrected chi connectivity index (χ4v) is 0.368. The highest BCUT2D eigenvalue weighted by atomic mass is 16.3. The average molecular weight is 114 g/mol. The summed E-state index contributed by atoms with van der Waals surface area (Å²) < 4.78 is 0. The highest BCUT2D eigenvalue weighted by Crippen LogP contribution is 1.85. The molecule has 0 aromatic rings. The molecule has 2 nitrogen and oxygen atoms in total. The molecule has 0 aromatic heterocycles. The molecule has 0 heterocycles. The zero-order chi connectivity index (χ0) is 6.41. The van der Waals surface area contributed by atoms with Crippen molar-refractivity contribution in [3.8, 4) is 0 Å². The highest BCUT2D eigenvalue weighted by molar-refractivity contribution is 6.10. The molecule has 1 atom stereocenters. The van der Waals surface area contributed by atoms with Crippen LogP contribution in [0.4, 0.5) is 0 Å². The number of hydrogen-bond acceptors (Lipinski definition) is 2. The Hall–Kier alpha value is -0.275. The Kier molecular flexibility index (Phi) is 4.71. The second-order valence-electron chi connectivity index (χ2n) is 1.74. The molecular weight excluding hydrogens is 103 g/mol. The molecule has 0 aromatic carbocycles. The Labute approximate surface area is 50.2 Å². The van der Waals surface area contributed by atoms with Crippen molar-refractivity contribution in [2.45, 2.75) is 12.4 Å². The van der Waals surface area contributed by atoms with Crippen LogP contribution in [-0.2, 0) is 0 Å². The van der Waals surface area contributed by atoms with Crippen LogP contribution in [0.2, 0.25) is 0 Å². The molecule has 0 aliphatic heterocycles. The third-order valence-electron chi connectivity index (χ3n) is 0.749. The smallest absolute Gasteiger partial charge is 0.139 e. The third kappa shape index (κ3) is 5.72. The van der Waals surface area contributed by atoms with Crippen molar-refractivity contribution in [3.05, 3.63) is 12.2 Å². The number of rotatable bonds is 3. The van der Waals surface area contributed by atoms with E-state index in [0.29, 0.717) is 6.42 Å². The van der Waals surface area contributed by atoms with E-state index in [-0.39, 0.29) is 12.6 Å². The van der Waals surface area contributed by atoms with E-state index >= 15 is 0 Å². The van der Waals surface area contributed by atoms with E-state index in [0.717, 1.165) is 0 Å². The van der Waals surface area contributed by atoms with Crippen LogP contribution in [0.15, 0.2) is 12.2 Å². The van der Waals surface area contributed by atoms with Gasteiger partial charge in [0.15, 0.2) is 0 Å². The lowest BCUT2D eigenvalue weighted by molar-refractivity contribution is 0.259. The topological polar surface area (TPSA) is 40.5 Å². The summed E-state index contributed by atoms with van der Waals surface area (Å²) >= 11 is 0. The molecule has 0 unspecified atom stereocenters. The fourth-order valence-electron chi connectivity index (χ4n) is 0.368. The van der Waals surface area contributed by atoms with Crippen LogP contribution in [0.5, 0.6) is 0 Å². The fraction of sp³-hybridized carbons (Fsp3) is 0.600. The van der Waals surface area contributed by atoms with E-state index in [1.165, 1.54) is 0 Å². The minimum Gasteiger partial charge on any atom is -0.402 e. The first-order chi connectivity index (χ1) is 3.77. The largest absolute Gasteiger partial charge is 0.402 e. The van der Waals surface area contributed by atoms with E-state index in [9.17, 15) is 0 Å². The zero-order valence-electron chi connectivity index (χ0n) is 5.04. The van der Waals surface area contributed by atoms with Gasteiger partial charge < -0.3 is 10.2 Å². The quantitative estimate of drug-likeness (QED) is 0.360. The molecule has 8 heavy (non-hydrogen) atoms. The van der Waals surface area contributed by atoms with Crippen molar-refractivity contribution in [3.63, 3.8) is 0 Å². The molecule has 46 valence electrons. The van der Waals surface area contributed by atoms with Gasteiger partial charge in [0.05, 0.1) is 6.61 Å². The van der Waals surface area contributed by atoms with Gasteiger partial charge in [0, 0.05) is 6.00 Å². The lowest BCUT2D eigenvalue weighted by Gasteiger charge is -1.93. The van der Waals surface area contributed by atoms with Crippen molar-refractivity contribution in [2.75, 3.05) is 6.61 Å². The summed E-state index contributed by atoms with van der Waals surface area (Å²) in [6.07, 6.45) is 4.00. The summed E-state index contributed by atoms with van der Waals surface area (Å²) in [5.41, 5.74) is 0. The molecule has 0 aliphatic carbocycles. The predicted octanol–water partition coefficient (Wildman–Crippen LogP) is -1.12. The van der Waals surface area contributed by atoms with E-state index in [4.69, 9.17) is 10.2 Å². The maximum absolute atomic E-state index is 8.65. The molecule has 0 spiro atoms. The van der Waals surface area contributed by atoms with Crippen molar-refractivity contribution < 1.29 is 10.2 Å². The first kappa shape index (κ1) is 7.72. The van der Waals surface area contributed by atoms with Gasteiger partial charge in [-0.05, 0) is 6.42 Å². The number of aliphatic hydroxyl groups excluding tert-OH is 2. The minimum absolute atomic E-state index is 0.0622. The summed E-state index contributed by atoms with van der Waals surface area (Å²) in [6, 6.07) is -0.294. The third-order valence-corrected chi connectivity index (χ3v) is 0.749. The Morgan fingerprint density at radius 3 is 2.50 bits per heavy atom. The molecule has 2 N–H and O–H groups in total. The molecule has 0 saturated carbocycles. The van der Waals surface area contributed by atoms with Gasteiger partial charge >= 0.3 is 0 Å². The van der Waals surface area contributed by atoms with E-state index < -0.39 is 0 Å². The van der Waals surface area contributed by atoms with Crippen LogP contribution in [0.1, 0.15) is 6.42 Å². The Morgan fingerprint density at radius 1 is 1.50 bits per heavy atom. The maximum atomic E-state index is 8.65. The Balaban J connectivity index is 3.03. The monoisotopic (exact) mass is 114 g/mol. The summed E-state index contributed by atoms with van der Waals surface area (Å²) in [5.74, 6) is 0. The van der Waals surface area contributed by atoms with Crippen molar-refractivity contribution >= 4 is 7.85 Å². The molecule has 3 heteroatoms. The molecule has 0 amide bonds.